The van der Waals surface area contributed by atoms with Gasteiger partial charge in [0.05, 0.1) is 11.4 Å². The van der Waals surface area contributed by atoms with E-state index in [9.17, 15) is 8.42 Å². The quantitative estimate of drug-likeness (QED) is 0.793. The molecule has 0 aliphatic rings. The molecule has 3 N–H and O–H groups in total. The van der Waals surface area contributed by atoms with Crippen LogP contribution >= 0.6 is 11.3 Å². The summed E-state index contributed by atoms with van der Waals surface area (Å²) in [6.45, 7) is 5.48. The van der Waals surface area contributed by atoms with Gasteiger partial charge in [0.15, 0.2) is 9.84 Å². The molecule has 1 aromatic heterocycles. The molecular weight excluding hydrogens is 258 g/mol. The molecule has 5 nitrogen and oxygen atoms in total. The normalized spacial score (nSPS) is 10.8. The van der Waals surface area contributed by atoms with Gasteiger partial charge in [0.25, 0.3) is 0 Å². The molecule has 17 heavy (non-hydrogen) atoms. The highest BCUT2D eigenvalue weighted by molar-refractivity contribution is 7.91. The van der Waals surface area contributed by atoms with E-state index in [0.29, 0.717) is 11.5 Å². The summed E-state index contributed by atoms with van der Waals surface area (Å²) in [4.78, 5) is 0.243. The number of sulfone groups is 1. The smallest absolute Gasteiger partial charge is 0.183 e. The van der Waals surface area contributed by atoms with Crippen molar-refractivity contribution in [1.29, 1.82) is 5.26 Å². The molecule has 0 aliphatic heterocycles. The summed E-state index contributed by atoms with van der Waals surface area (Å²) in [5.74, 6) is -0.0540. The van der Waals surface area contributed by atoms with Gasteiger partial charge in [0.2, 0.25) is 0 Å². The van der Waals surface area contributed by atoms with Crippen molar-refractivity contribution in [3.63, 3.8) is 0 Å². The molecule has 1 rings (SSSR count). The average molecular weight is 271 g/mol. The molecule has 92 valence electrons. The first kappa shape index (κ1) is 13.5. The minimum absolute atomic E-state index is 0.0309. The zero-order valence-electron chi connectivity index (χ0n) is 9.36. The molecule has 0 atom stereocenters. The lowest BCUT2D eigenvalue weighted by Crippen LogP contribution is -2.09. The van der Waals surface area contributed by atoms with Crippen molar-refractivity contribution in [2.24, 2.45) is 0 Å². The molecule has 0 radical (unpaired) electrons. The molecule has 0 bridgehead atoms. The number of thiophene rings is 1. The van der Waals surface area contributed by atoms with Crippen LogP contribution in [0.5, 0.6) is 0 Å². The van der Waals surface area contributed by atoms with E-state index in [-0.39, 0.29) is 21.2 Å². The largest absolute Gasteiger partial charge is 0.396 e. The Bertz CT molecular complexity index is 567. The van der Waals surface area contributed by atoms with E-state index in [4.69, 9.17) is 11.0 Å². The fraction of sp³-hybridized carbons (Fsp3) is 0.300. The van der Waals surface area contributed by atoms with E-state index in [2.05, 4.69) is 11.9 Å². The summed E-state index contributed by atoms with van der Waals surface area (Å²) in [5, 5.41) is 12.2. The highest BCUT2D eigenvalue weighted by atomic mass is 32.2. The molecule has 0 spiro atoms. The second-order valence-electron chi connectivity index (χ2n) is 3.19. The fourth-order valence-electron chi connectivity index (χ4n) is 1.25. The van der Waals surface area contributed by atoms with Gasteiger partial charge in [-0.1, -0.05) is 13.0 Å². The van der Waals surface area contributed by atoms with Gasteiger partial charge in [-0.3, -0.25) is 0 Å². The van der Waals surface area contributed by atoms with Gasteiger partial charge in [0, 0.05) is 6.54 Å². The number of nitrogens with one attached hydrogen (secondary N) is 1. The zero-order valence-corrected chi connectivity index (χ0v) is 11.0. The number of nitrogens with zero attached hydrogens (tertiary/aromatic N) is 1. The van der Waals surface area contributed by atoms with Crippen molar-refractivity contribution in [2.45, 2.75) is 11.8 Å². The predicted octanol–water partition coefficient (Wildman–Crippen LogP) is 1.59. The molecule has 0 saturated carbocycles. The highest BCUT2D eigenvalue weighted by Gasteiger charge is 2.25. The van der Waals surface area contributed by atoms with Crippen LogP contribution in [0.15, 0.2) is 17.6 Å². The number of rotatable bonds is 5. The second-order valence-corrected chi connectivity index (χ2v) is 6.42. The van der Waals surface area contributed by atoms with Crippen molar-refractivity contribution < 1.29 is 8.42 Å². The predicted molar refractivity (Wildman–Crippen MR) is 69.9 cm³/mol. The van der Waals surface area contributed by atoms with Crippen LogP contribution in [-0.2, 0) is 9.84 Å². The summed E-state index contributed by atoms with van der Waals surface area (Å²) in [5.41, 5.74) is 5.72. The third-order valence-corrected chi connectivity index (χ3v) is 5.10. The van der Waals surface area contributed by atoms with Crippen molar-refractivity contribution in [3.05, 3.63) is 17.5 Å². The van der Waals surface area contributed by atoms with Crippen molar-refractivity contribution in [1.82, 2.24) is 0 Å². The Labute approximate surface area is 104 Å². The first-order valence-electron chi connectivity index (χ1n) is 4.87. The Hall–Kier alpha value is -1.52. The van der Waals surface area contributed by atoms with Gasteiger partial charge in [-0.2, -0.15) is 5.26 Å². The lowest BCUT2D eigenvalue weighted by Gasteiger charge is -2.05. The van der Waals surface area contributed by atoms with Crippen molar-refractivity contribution in [3.8, 4) is 6.07 Å². The van der Waals surface area contributed by atoms with Crippen LogP contribution in [0.3, 0.4) is 0 Å². The van der Waals surface area contributed by atoms with Crippen LogP contribution in [0.1, 0.15) is 11.8 Å². The maximum Gasteiger partial charge on any atom is 0.183 e. The standard InChI is InChI=1S/C10H13N3O2S2/c1-3-5-13-10-9(17(14,15)4-2)8(12)7(6-11)16-10/h3,13H,1,4-5,12H2,2H3. The summed E-state index contributed by atoms with van der Waals surface area (Å²) < 4.78 is 23.8. The Kier molecular flexibility index (Phi) is 4.15. The first-order chi connectivity index (χ1) is 7.97. The minimum Gasteiger partial charge on any atom is -0.396 e. The van der Waals surface area contributed by atoms with Crippen molar-refractivity contribution in [2.75, 3.05) is 23.3 Å². The topological polar surface area (TPSA) is 96.0 Å². The molecule has 0 amide bonds. The number of nitriles is 1. The van der Waals surface area contributed by atoms with Gasteiger partial charge in [-0.15, -0.1) is 17.9 Å². The lowest BCUT2D eigenvalue weighted by molar-refractivity contribution is 0.598. The van der Waals surface area contributed by atoms with Gasteiger partial charge < -0.3 is 11.1 Å². The number of anilines is 2. The zero-order chi connectivity index (χ0) is 13.1. The summed E-state index contributed by atoms with van der Waals surface area (Å²) >= 11 is 1.04. The Balaban J connectivity index is 3.40. The van der Waals surface area contributed by atoms with Gasteiger partial charge in [-0.05, 0) is 0 Å². The number of nitrogen functional groups attached to an aromatic ring is 1. The van der Waals surface area contributed by atoms with Gasteiger partial charge in [0.1, 0.15) is 20.8 Å². The van der Waals surface area contributed by atoms with Crippen molar-refractivity contribution >= 4 is 31.9 Å². The molecule has 0 saturated heterocycles. The Morgan fingerprint density at radius 3 is 2.76 bits per heavy atom. The van der Waals surface area contributed by atoms with E-state index in [1.807, 2.05) is 6.07 Å². The molecular formula is C10H13N3O2S2. The molecule has 0 unspecified atom stereocenters. The third kappa shape index (κ3) is 2.60. The van der Waals surface area contributed by atoms with E-state index in [0.717, 1.165) is 11.3 Å². The minimum atomic E-state index is -3.44. The van der Waals surface area contributed by atoms with E-state index >= 15 is 0 Å². The number of hydrogen-bond acceptors (Lipinski definition) is 6. The SMILES string of the molecule is C=CCNc1sc(C#N)c(N)c1S(=O)(=O)CC. The van der Waals surface area contributed by atoms with Crippen LogP contribution in [0.4, 0.5) is 10.7 Å². The van der Waals surface area contributed by atoms with Crippen LogP contribution in [0, 0.1) is 11.3 Å². The van der Waals surface area contributed by atoms with Crippen LogP contribution in [0.2, 0.25) is 0 Å². The first-order valence-corrected chi connectivity index (χ1v) is 7.34. The Morgan fingerprint density at radius 2 is 2.29 bits per heavy atom. The van der Waals surface area contributed by atoms with E-state index in [1.54, 1.807) is 6.08 Å². The lowest BCUT2D eigenvalue weighted by atomic mass is 10.4. The Morgan fingerprint density at radius 1 is 1.65 bits per heavy atom. The van der Waals surface area contributed by atoms with Crippen LogP contribution in [-0.4, -0.2) is 20.7 Å². The summed E-state index contributed by atoms with van der Waals surface area (Å²) in [7, 11) is -3.44. The third-order valence-electron chi connectivity index (χ3n) is 2.10. The maximum absolute atomic E-state index is 11.9. The average Bonchev–Trinajstić information content (AvgIpc) is 2.63. The van der Waals surface area contributed by atoms with Gasteiger partial charge in [-0.25, -0.2) is 8.42 Å². The van der Waals surface area contributed by atoms with E-state index < -0.39 is 9.84 Å². The van der Waals surface area contributed by atoms with E-state index in [1.165, 1.54) is 6.92 Å². The number of nitrogens with two attached hydrogens (primary N) is 1. The van der Waals surface area contributed by atoms with Crippen LogP contribution < -0.4 is 11.1 Å². The summed E-state index contributed by atoms with van der Waals surface area (Å²) in [6, 6.07) is 1.89. The number of hydrogen-bond donors (Lipinski definition) is 2. The molecule has 0 aromatic carbocycles. The highest BCUT2D eigenvalue weighted by Crippen LogP contribution is 2.39. The molecule has 0 aliphatic carbocycles. The fourth-order valence-corrected chi connectivity index (χ4v) is 3.72. The molecule has 0 fully saturated rings. The second kappa shape index (κ2) is 5.21. The molecule has 1 aromatic rings. The van der Waals surface area contributed by atoms with Gasteiger partial charge >= 0.3 is 0 Å². The monoisotopic (exact) mass is 271 g/mol. The maximum atomic E-state index is 11.9. The molecule has 1 heterocycles. The summed E-state index contributed by atoms with van der Waals surface area (Å²) in [6.07, 6.45) is 1.60. The molecule has 7 heteroatoms. The van der Waals surface area contributed by atoms with Crippen LogP contribution in [0.25, 0.3) is 0 Å².